The van der Waals surface area contributed by atoms with Gasteiger partial charge in [0.2, 0.25) is 0 Å². The van der Waals surface area contributed by atoms with Crippen LogP contribution < -0.4 is 4.90 Å². The number of nitriles is 1. The molecule has 4 nitrogen and oxygen atoms in total. The summed E-state index contributed by atoms with van der Waals surface area (Å²) in [6.07, 6.45) is 5.18. The smallest absolute Gasteiger partial charge is 0.337 e. The van der Waals surface area contributed by atoms with Gasteiger partial charge < -0.3 is 10.0 Å². The lowest BCUT2D eigenvalue weighted by Gasteiger charge is -2.34. The van der Waals surface area contributed by atoms with E-state index in [2.05, 4.69) is 32.7 Å². The monoisotopic (exact) mass is 406 g/mol. The van der Waals surface area contributed by atoms with Crippen LogP contribution in [0.5, 0.6) is 0 Å². The van der Waals surface area contributed by atoms with Crippen LogP contribution in [-0.4, -0.2) is 32.0 Å². The molecule has 1 aliphatic carbocycles. The molecule has 1 atom stereocenters. The quantitative estimate of drug-likeness (QED) is 0.762. The second kappa shape index (κ2) is 7.53. The van der Waals surface area contributed by atoms with Crippen molar-refractivity contribution in [3.8, 4) is 16.5 Å². The average molecular weight is 406 g/mol. The molecule has 2 aromatic rings. The van der Waals surface area contributed by atoms with E-state index < -0.39 is 5.97 Å². The summed E-state index contributed by atoms with van der Waals surface area (Å²) >= 11 is 1.63. The third-order valence-corrected chi connectivity index (χ3v) is 7.68. The van der Waals surface area contributed by atoms with E-state index in [1.165, 1.54) is 11.3 Å². The van der Waals surface area contributed by atoms with Gasteiger partial charge in [-0.2, -0.15) is 5.26 Å². The summed E-state index contributed by atoms with van der Waals surface area (Å²) in [7, 11) is 2.27. The van der Waals surface area contributed by atoms with Gasteiger partial charge in [-0.1, -0.05) is 26.1 Å². The van der Waals surface area contributed by atoms with Gasteiger partial charge in [-0.25, -0.2) is 4.79 Å². The van der Waals surface area contributed by atoms with Gasteiger partial charge >= 0.3 is 5.97 Å². The van der Waals surface area contributed by atoms with Crippen molar-refractivity contribution in [3.63, 3.8) is 0 Å². The first-order valence-corrected chi connectivity index (χ1v) is 11.3. The normalized spacial score (nSPS) is 20.7. The molecule has 0 radical (unpaired) electrons. The topological polar surface area (TPSA) is 64.3 Å². The maximum Gasteiger partial charge on any atom is 0.337 e. The Morgan fingerprint density at radius 3 is 2.90 bits per heavy atom. The summed E-state index contributed by atoms with van der Waals surface area (Å²) in [5.74, 6) is -0.237. The Hall–Kier alpha value is -2.26. The van der Waals surface area contributed by atoms with Crippen LogP contribution in [0.25, 0.3) is 10.4 Å². The second-order valence-electron chi connectivity index (χ2n) is 9.39. The second-order valence-corrected chi connectivity index (χ2v) is 10.5. The number of fused-ring (bicyclic) bond motifs is 1. The van der Waals surface area contributed by atoms with Crippen LogP contribution in [0.15, 0.2) is 18.2 Å². The molecule has 0 saturated carbocycles. The predicted octanol–water partition coefficient (Wildman–Crippen LogP) is 4.52. The molecular formula is C23H27BN2O2S. The van der Waals surface area contributed by atoms with Crippen molar-refractivity contribution < 1.29 is 9.90 Å². The van der Waals surface area contributed by atoms with E-state index in [0.29, 0.717) is 16.9 Å². The third-order valence-electron chi connectivity index (χ3n) is 6.36. The van der Waals surface area contributed by atoms with Crippen LogP contribution in [-0.2, 0) is 12.8 Å². The van der Waals surface area contributed by atoms with Gasteiger partial charge in [0.15, 0.2) is 0 Å². The minimum absolute atomic E-state index is 0.120. The van der Waals surface area contributed by atoms with Gasteiger partial charge in [-0.3, -0.25) is 0 Å². The summed E-state index contributed by atoms with van der Waals surface area (Å²) in [5, 5.41) is 19.6. The molecule has 150 valence electrons. The molecule has 1 aromatic heterocycles. The Labute approximate surface area is 177 Å². The van der Waals surface area contributed by atoms with Crippen molar-refractivity contribution in [2.24, 2.45) is 5.41 Å². The molecule has 1 aliphatic heterocycles. The number of piperidine rings is 1. The van der Waals surface area contributed by atoms with E-state index in [-0.39, 0.29) is 5.41 Å². The van der Waals surface area contributed by atoms with Crippen LogP contribution in [0.3, 0.4) is 0 Å². The lowest BCUT2D eigenvalue weighted by atomic mass is 9.76. The number of aromatic carboxylic acids is 1. The van der Waals surface area contributed by atoms with E-state index in [0.717, 1.165) is 60.5 Å². The van der Waals surface area contributed by atoms with Crippen LogP contribution >= 0.6 is 11.3 Å². The highest BCUT2D eigenvalue weighted by Crippen LogP contribution is 2.47. The Balaban J connectivity index is 1.89. The number of benzene rings is 1. The van der Waals surface area contributed by atoms with Crippen molar-refractivity contribution in [2.45, 2.75) is 51.8 Å². The molecule has 6 heteroatoms. The standard InChI is InChI=1S/C23H27BN2O2S/c1-23(2)8-7-19-17(11-23)20(22(27)28)21(29-19)16-10-14(12-25)5-6-18(16)26-9-3-4-15(24)13-26/h5-6,10,15H,3-4,7-9,11,13,24H2,1-2H3,(H,27,28)/t15-/m0/s1. The largest absolute Gasteiger partial charge is 0.478 e. The summed E-state index contributed by atoms with van der Waals surface area (Å²) in [6, 6.07) is 8.00. The van der Waals surface area contributed by atoms with Crippen molar-refractivity contribution in [1.82, 2.24) is 0 Å². The summed E-state index contributed by atoms with van der Waals surface area (Å²) < 4.78 is 0. The molecule has 4 rings (SSSR count). The summed E-state index contributed by atoms with van der Waals surface area (Å²) in [6.45, 7) is 6.38. The van der Waals surface area contributed by atoms with Gasteiger partial charge in [0.1, 0.15) is 7.85 Å². The van der Waals surface area contributed by atoms with E-state index in [1.807, 2.05) is 18.2 Å². The zero-order valence-corrected chi connectivity index (χ0v) is 18.2. The first-order valence-electron chi connectivity index (χ1n) is 10.5. The number of hydrogen-bond acceptors (Lipinski definition) is 4. The number of rotatable bonds is 3. The molecule has 29 heavy (non-hydrogen) atoms. The van der Waals surface area contributed by atoms with Crippen molar-refractivity contribution >= 4 is 30.8 Å². The zero-order chi connectivity index (χ0) is 20.8. The first kappa shape index (κ1) is 20.0. The van der Waals surface area contributed by atoms with E-state index >= 15 is 0 Å². The minimum Gasteiger partial charge on any atom is -0.478 e. The van der Waals surface area contributed by atoms with Gasteiger partial charge in [0.25, 0.3) is 0 Å². The van der Waals surface area contributed by atoms with Crippen LogP contribution in [0, 0.1) is 16.7 Å². The Morgan fingerprint density at radius 2 is 2.21 bits per heavy atom. The van der Waals surface area contributed by atoms with Crippen molar-refractivity contribution in [1.29, 1.82) is 5.26 Å². The Bertz CT molecular complexity index is 1010. The highest BCUT2D eigenvalue weighted by molar-refractivity contribution is 7.16. The van der Waals surface area contributed by atoms with Gasteiger partial charge in [-0.05, 0) is 54.9 Å². The lowest BCUT2D eigenvalue weighted by molar-refractivity contribution is 0.0696. The van der Waals surface area contributed by atoms with Crippen LogP contribution in [0.1, 0.15) is 59.5 Å². The fourth-order valence-corrected chi connectivity index (χ4v) is 6.14. The number of carboxylic acid groups (broad SMARTS) is 1. The lowest BCUT2D eigenvalue weighted by Crippen LogP contribution is -2.33. The molecule has 1 saturated heterocycles. The molecule has 0 bridgehead atoms. The van der Waals surface area contributed by atoms with Gasteiger partial charge in [0.05, 0.1) is 22.1 Å². The zero-order valence-electron chi connectivity index (χ0n) is 17.4. The van der Waals surface area contributed by atoms with E-state index in [1.54, 1.807) is 11.3 Å². The molecule has 1 N–H and O–H groups in total. The highest BCUT2D eigenvalue weighted by Gasteiger charge is 2.34. The average Bonchev–Trinajstić information content (AvgIpc) is 3.05. The Morgan fingerprint density at radius 1 is 1.41 bits per heavy atom. The minimum atomic E-state index is -0.851. The first-order chi connectivity index (χ1) is 13.8. The molecular weight excluding hydrogens is 379 g/mol. The third kappa shape index (κ3) is 3.81. The molecule has 0 spiro atoms. The SMILES string of the molecule is B[C@H]1CCCN(c2ccc(C#N)cc2-c2sc3c(c2C(=O)O)CC(C)(C)CC3)C1. The maximum absolute atomic E-state index is 12.4. The molecule has 2 heterocycles. The Kier molecular flexibility index (Phi) is 5.20. The summed E-state index contributed by atoms with van der Waals surface area (Å²) in [4.78, 5) is 16.8. The number of aryl methyl sites for hydroxylation is 1. The fraction of sp³-hybridized carbons (Fsp3) is 0.478. The maximum atomic E-state index is 12.4. The van der Waals surface area contributed by atoms with Crippen molar-refractivity contribution in [3.05, 3.63) is 39.8 Å². The predicted molar refractivity (Wildman–Crippen MR) is 121 cm³/mol. The van der Waals surface area contributed by atoms with Crippen molar-refractivity contribution in [2.75, 3.05) is 18.0 Å². The van der Waals surface area contributed by atoms with E-state index in [4.69, 9.17) is 0 Å². The van der Waals surface area contributed by atoms with E-state index in [9.17, 15) is 15.2 Å². The van der Waals surface area contributed by atoms with Gasteiger partial charge in [0, 0.05) is 29.2 Å². The summed E-state index contributed by atoms with van der Waals surface area (Å²) in [5.41, 5.74) is 4.14. The number of anilines is 1. The number of nitrogens with zero attached hydrogens (tertiary/aromatic N) is 2. The number of carboxylic acids is 1. The van der Waals surface area contributed by atoms with Crippen LogP contribution in [0.4, 0.5) is 5.69 Å². The highest BCUT2D eigenvalue weighted by atomic mass is 32.1. The number of carbonyl (C=O) groups is 1. The molecule has 1 aromatic carbocycles. The van der Waals surface area contributed by atoms with Gasteiger partial charge in [-0.15, -0.1) is 11.3 Å². The molecule has 2 aliphatic rings. The number of hydrogen-bond donors (Lipinski definition) is 1. The molecule has 1 fully saturated rings. The van der Waals surface area contributed by atoms with Crippen LogP contribution in [0.2, 0.25) is 5.82 Å². The number of thiophene rings is 1. The molecule has 0 amide bonds. The molecule has 0 unspecified atom stereocenters. The fourth-order valence-electron chi connectivity index (χ4n) is 4.81.